The molecule has 1 aliphatic heterocycles. The zero-order chi connectivity index (χ0) is 31.4. The Morgan fingerprint density at radius 2 is 1.43 bits per heavy atom. The van der Waals surface area contributed by atoms with Gasteiger partial charge in [0.05, 0.1) is 16.7 Å². The monoisotopic (exact) mass is 603 g/mol. The summed E-state index contributed by atoms with van der Waals surface area (Å²) in [6.07, 6.45) is -11.8. The van der Waals surface area contributed by atoms with Crippen molar-refractivity contribution in [3.8, 4) is 0 Å². The van der Waals surface area contributed by atoms with Gasteiger partial charge in [0.15, 0.2) is 0 Å². The Labute approximate surface area is 240 Å². The van der Waals surface area contributed by atoms with E-state index in [-0.39, 0.29) is 30.0 Å². The highest BCUT2D eigenvalue weighted by molar-refractivity contribution is 5.73. The van der Waals surface area contributed by atoms with Crippen LogP contribution in [0, 0.1) is 5.41 Å². The summed E-state index contributed by atoms with van der Waals surface area (Å²) in [6.45, 7) is 12.1. The van der Waals surface area contributed by atoms with Crippen molar-refractivity contribution < 1.29 is 39.5 Å². The summed E-state index contributed by atoms with van der Waals surface area (Å²) < 4.78 is 122. The molecule has 0 N–H and O–H groups in total. The van der Waals surface area contributed by atoms with E-state index in [0.717, 1.165) is 41.3 Å². The number of hydrogen-bond donors (Lipinski definition) is 0. The van der Waals surface area contributed by atoms with Crippen LogP contribution in [0.15, 0.2) is 54.2 Å². The average Bonchev–Trinajstić information content (AvgIpc) is 3.14. The van der Waals surface area contributed by atoms with E-state index in [4.69, 9.17) is 0 Å². The molecule has 0 amide bonds. The number of aryl methyl sites for hydroxylation is 1. The van der Waals surface area contributed by atoms with Gasteiger partial charge >= 0.3 is 18.5 Å². The predicted octanol–water partition coefficient (Wildman–Crippen LogP) is 10.7. The zero-order valence-electron chi connectivity index (χ0n) is 23.9. The molecule has 1 heterocycles. The fourth-order valence-electron chi connectivity index (χ4n) is 6.33. The fraction of sp³-hybridized carbons (Fsp3) is 0.500. The fourth-order valence-corrected chi connectivity index (χ4v) is 6.33. The van der Waals surface area contributed by atoms with Crippen LogP contribution >= 0.6 is 0 Å². The lowest BCUT2D eigenvalue weighted by molar-refractivity contribution is -0.143. The first-order valence-corrected chi connectivity index (χ1v) is 13.9. The summed E-state index contributed by atoms with van der Waals surface area (Å²) in [4.78, 5) is 1.88. The minimum absolute atomic E-state index is 0.0716. The van der Waals surface area contributed by atoms with Crippen molar-refractivity contribution in [3.63, 3.8) is 0 Å². The van der Waals surface area contributed by atoms with Crippen molar-refractivity contribution in [2.24, 2.45) is 5.41 Å². The Hall–Kier alpha value is -2.91. The minimum atomic E-state index is -4.95. The summed E-state index contributed by atoms with van der Waals surface area (Å²) in [5.41, 5.74) is -0.0585. The van der Waals surface area contributed by atoms with Gasteiger partial charge in [0.1, 0.15) is 0 Å². The maximum absolute atomic E-state index is 13.7. The molecule has 2 unspecified atom stereocenters. The second kappa shape index (κ2) is 11.0. The van der Waals surface area contributed by atoms with Gasteiger partial charge in [-0.3, -0.25) is 0 Å². The van der Waals surface area contributed by atoms with Gasteiger partial charge in [-0.1, -0.05) is 33.4 Å². The Kier molecular flexibility index (Phi) is 8.37. The van der Waals surface area contributed by atoms with Crippen molar-refractivity contribution in [1.82, 2.24) is 4.90 Å². The van der Waals surface area contributed by atoms with E-state index >= 15 is 0 Å². The number of benzene rings is 2. The summed E-state index contributed by atoms with van der Waals surface area (Å²) in [5, 5.41) is 0. The standard InChI is InChI=1S/C32H34F9N/c1-6-20-7-8-23(30(33,34)35)15-28(20)26-9-10-29(4,5)16-22(26)17-42-18(2)11-27(19(42)3)21-12-24(31(36,37)38)14-25(13-21)32(39,40)41/h7-8,12-15,19,27H,2,6,9-11,16-17H2,1,3-5H3. The van der Waals surface area contributed by atoms with E-state index in [1.165, 1.54) is 12.1 Å². The molecule has 230 valence electrons. The molecule has 2 aromatic carbocycles. The molecular formula is C32H34F9N. The average molecular weight is 604 g/mol. The largest absolute Gasteiger partial charge is 0.416 e. The van der Waals surface area contributed by atoms with Gasteiger partial charge in [-0.15, -0.1) is 0 Å². The molecular weight excluding hydrogens is 569 g/mol. The van der Waals surface area contributed by atoms with E-state index in [1.54, 1.807) is 6.92 Å². The zero-order valence-corrected chi connectivity index (χ0v) is 23.9. The molecule has 1 nitrogen and oxygen atoms in total. The van der Waals surface area contributed by atoms with E-state index < -0.39 is 47.2 Å². The number of alkyl halides is 9. The topological polar surface area (TPSA) is 3.24 Å². The third kappa shape index (κ3) is 6.67. The van der Waals surface area contributed by atoms with Crippen molar-refractivity contribution >= 4 is 5.57 Å². The number of halogens is 9. The smallest absolute Gasteiger partial charge is 0.368 e. The quantitative estimate of drug-likeness (QED) is 0.308. The molecule has 0 aromatic heterocycles. The van der Waals surface area contributed by atoms with Crippen molar-refractivity contribution in [3.05, 3.63) is 87.6 Å². The van der Waals surface area contributed by atoms with Gasteiger partial charge in [0.25, 0.3) is 0 Å². The number of likely N-dealkylation sites (tertiary alicyclic amines) is 1. The molecule has 1 fully saturated rings. The molecule has 0 radical (unpaired) electrons. The van der Waals surface area contributed by atoms with E-state index in [2.05, 4.69) is 20.4 Å². The van der Waals surface area contributed by atoms with Crippen LogP contribution in [0.2, 0.25) is 0 Å². The first-order valence-electron chi connectivity index (χ1n) is 13.9. The van der Waals surface area contributed by atoms with Crippen LogP contribution in [0.25, 0.3) is 5.57 Å². The molecule has 1 saturated heterocycles. The predicted molar refractivity (Wildman–Crippen MR) is 144 cm³/mol. The lowest BCUT2D eigenvalue weighted by Gasteiger charge is -2.37. The highest BCUT2D eigenvalue weighted by atomic mass is 19.4. The molecule has 42 heavy (non-hydrogen) atoms. The molecule has 0 saturated carbocycles. The van der Waals surface area contributed by atoms with Gasteiger partial charge < -0.3 is 4.90 Å². The minimum Gasteiger partial charge on any atom is -0.368 e. The molecule has 0 spiro atoms. The first kappa shape index (κ1) is 32.0. The summed E-state index contributed by atoms with van der Waals surface area (Å²) in [5.74, 6) is -0.679. The summed E-state index contributed by atoms with van der Waals surface area (Å²) in [6, 6.07) is 4.95. The van der Waals surface area contributed by atoms with Crippen LogP contribution in [0.5, 0.6) is 0 Å². The Morgan fingerprint density at radius 3 is 1.95 bits per heavy atom. The first-order chi connectivity index (χ1) is 19.2. The Bertz CT molecular complexity index is 1340. The van der Waals surface area contributed by atoms with Crippen molar-refractivity contribution in [2.45, 2.75) is 90.3 Å². The van der Waals surface area contributed by atoms with E-state index in [9.17, 15) is 39.5 Å². The van der Waals surface area contributed by atoms with Gasteiger partial charge in [-0.25, -0.2) is 0 Å². The normalized spacial score (nSPS) is 21.8. The van der Waals surface area contributed by atoms with Crippen LogP contribution in [0.4, 0.5) is 39.5 Å². The molecule has 4 rings (SSSR count). The van der Waals surface area contributed by atoms with Crippen LogP contribution < -0.4 is 0 Å². The number of hydrogen-bond acceptors (Lipinski definition) is 1. The molecule has 2 aromatic rings. The third-order valence-electron chi connectivity index (χ3n) is 8.65. The molecule has 2 atom stereocenters. The number of nitrogens with zero attached hydrogens (tertiary/aromatic N) is 1. The number of rotatable bonds is 5. The summed E-state index contributed by atoms with van der Waals surface area (Å²) in [7, 11) is 0. The second-order valence-corrected chi connectivity index (χ2v) is 12.2. The Balaban J connectivity index is 1.76. The van der Waals surface area contributed by atoms with Gasteiger partial charge in [-0.05, 0) is 103 Å². The lowest BCUT2D eigenvalue weighted by atomic mass is 9.72. The SMILES string of the molecule is C=C1CC(c2cc(C(F)(F)F)cc(C(F)(F)F)c2)C(C)N1CC1=C(c2cc(C(F)(F)F)ccc2CC)CCC(C)(C)C1. The maximum Gasteiger partial charge on any atom is 0.416 e. The molecule has 10 heteroatoms. The van der Waals surface area contributed by atoms with Crippen molar-refractivity contribution in [2.75, 3.05) is 6.54 Å². The van der Waals surface area contributed by atoms with Gasteiger partial charge in [-0.2, -0.15) is 39.5 Å². The van der Waals surface area contributed by atoms with Crippen LogP contribution in [-0.2, 0) is 24.9 Å². The second-order valence-electron chi connectivity index (χ2n) is 12.2. The highest BCUT2D eigenvalue weighted by Crippen LogP contribution is 2.48. The number of allylic oxidation sites excluding steroid dienone is 2. The van der Waals surface area contributed by atoms with Crippen LogP contribution in [0.3, 0.4) is 0 Å². The van der Waals surface area contributed by atoms with Gasteiger partial charge in [0, 0.05) is 24.2 Å². The van der Waals surface area contributed by atoms with Crippen LogP contribution in [0.1, 0.15) is 92.7 Å². The van der Waals surface area contributed by atoms with Crippen LogP contribution in [-0.4, -0.2) is 17.5 Å². The Morgan fingerprint density at radius 1 is 0.857 bits per heavy atom. The van der Waals surface area contributed by atoms with E-state index in [1.807, 2.05) is 11.8 Å². The van der Waals surface area contributed by atoms with E-state index in [0.29, 0.717) is 30.5 Å². The van der Waals surface area contributed by atoms with Gasteiger partial charge in [0.2, 0.25) is 0 Å². The summed E-state index contributed by atoms with van der Waals surface area (Å²) >= 11 is 0. The highest BCUT2D eigenvalue weighted by Gasteiger charge is 2.41. The van der Waals surface area contributed by atoms with Crippen molar-refractivity contribution in [1.29, 1.82) is 0 Å². The molecule has 2 aliphatic rings. The molecule has 0 bridgehead atoms. The lowest BCUT2D eigenvalue weighted by Crippen LogP contribution is -2.33. The molecule has 1 aliphatic carbocycles. The third-order valence-corrected chi connectivity index (χ3v) is 8.65. The maximum atomic E-state index is 13.7.